The van der Waals surface area contributed by atoms with Crippen LogP contribution >= 0.6 is 0 Å². The van der Waals surface area contributed by atoms with Crippen LogP contribution in [0.4, 0.5) is 0 Å². The summed E-state index contributed by atoms with van der Waals surface area (Å²) < 4.78 is 5.61. The van der Waals surface area contributed by atoms with Gasteiger partial charge in [-0.15, -0.1) is 0 Å². The lowest BCUT2D eigenvalue weighted by Gasteiger charge is -2.14. The van der Waals surface area contributed by atoms with Crippen LogP contribution in [0.3, 0.4) is 0 Å². The summed E-state index contributed by atoms with van der Waals surface area (Å²) in [6.45, 7) is 3.54. The topological polar surface area (TPSA) is 12.5 Å². The maximum atomic E-state index is 5.61. The highest BCUT2D eigenvalue weighted by Gasteiger charge is 2.48. The Morgan fingerprint density at radius 3 is 2.28 bits per heavy atom. The summed E-state index contributed by atoms with van der Waals surface area (Å²) >= 11 is 0. The second-order valence-electron chi connectivity index (χ2n) is 7.22. The number of ether oxygens (including phenoxy) is 1. The van der Waals surface area contributed by atoms with Crippen molar-refractivity contribution < 1.29 is 4.74 Å². The van der Waals surface area contributed by atoms with E-state index in [0.717, 1.165) is 30.3 Å². The minimum atomic E-state index is 0.670. The average Bonchev–Trinajstić information content (AvgIpc) is 3.22. The molecule has 104 valence electrons. The number of hydrogen-bond donors (Lipinski definition) is 0. The van der Waals surface area contributed by atoms with Crippen LogP contribution in [0.15, 0.2) is 0 Å². The molecule has 5 unspecified atom stereocenters. The van der Waals surface area contributed by atoms with Crippen molar-refractivity contribution >= 4 is 0 Å². The molecule has 3 aliphatic rings. The second kappa shape index (κ2) is 5.94. The minimum absolute atomic E-state index is 0.670. The van der Waals surface area contributed by atoms with Gasteiger partial charge in [-0.05, 0) is 36.5 Å². The molecule has 0 N–H and O–H groups in total. The lowest BCUT2D eigenvalue weighted by molar-refractivity contribution is 0.274. The summed E-state index contributed by atoms with van der Waals surface area (Å²) in [7, 11) is 0. The molecule has 0 aromatic heterocycles. The molecule has 2 saturated carbocycles. The van der Waals surface area contributed by atoms with Crippen molar-refractivity contribution in [1.82, 2.24) is 0 Å². The maximum absolute atomic E-state index is 5.61. The van der Waals surface area contributed by atoms with Crippen molar-refractivity contribution in [3.63, 3.8) is 0 Å². The highest BCUT2D eigenvalue weighted by atomic mass is 16.6. The summed E-state index contributed by atoms with van der Waals surface area (Å²) in [5.41, 5.74) is 0. The van der Waals surface area contributed by atoms with Gasteiger partial charge in [0.05, 0.1) is 12.7 Å². The smallest absolute Gasteiger partial charge is 0.0840 e. The summed E-state index contributed by atoms with van der Waals surface area (Å²) in [6, 6.07) is 0. The van der Waals surface area contributed by atoms with Crippen molar-refractivity contribution in [2.24, 2.45) is 23.7 Å². The molecule has 0 aromatic rings. The van der Waals surface area contributed by atoms with E-state index >= 15 is 0 Å². The van der Waals surface area contributed by atoms with E-state index in [1.54, 1.807) is 0 Å². The fourth-order valence-corrected chi connectivity index (χ4v) is 4.20. The van der Waals surface area contributed by atoms with Crippen LogP contribution in [0.1, 0.15) is 71.1 Å². The molecule has 3 fully saturated rings. The number of rotatable bonds is 1. The van der Waals surface area contributed by atoms with E-state index in [9.17, 15) is 0 Å². The molecule has 1 heteroatoms. The molecule has 1 nitrogen and oxygen atoms in total. The third kappa shape index (κ3) is 3.50. The second-order valence-corrected chi connectivity index (χ2v) is 7.22. The first-order chi connectivity index (χ1) is 8.84. The molecular weight excluding hydrogens is 220 g/mol. The molecule has 2 aliphatic carbocycles. The van der Waals surface area contributed by atoms with E-state index in [0.29, 0.717) is 6.10 Å². The van der Waals surface area contributed by atoms with Gasteiger partial charge in [0.2, 0.25) is 0 Å². The Morgan fingerprint density at radius 1 is 0.778 bits per heavy atom. The predicted molar refractivity (Wildman–Crippen MR) is 75.5 cm³/mol. The van der Waals surface area contributed by atoms with Crippen LogP contribution in [0.25, 0.3) is 0 Å². The Bertz CT molecular complexity index is 258. The summed E-state index contributed by atoms with van der Waals surface area (Å²) in [5.74, 6) is 4.04. The van der Waals surface area contributed by atoms with Crippen molar-refractivity contribution in [1.29, 1.82) is 0 Å². The zero-order valence-electron chi connectivity index (χ0n) is 12.1. The van der Waals surface area contributed by atoms with E-state index in [1.807, 2.05) is 0 Å². The van der Waals surface area contributed by atoms with Gasteiger partial charge >= 0.3 is 0 Å². The molecule has 0 spiro atoms. The van der Waals surface area contributed by atoms with Gasteiger partial charge < -0.3 is 4.74 Å². The normalized spacial score (nSPS) is 46.2. The molecule has 0 radical (unpaired) electrons. The summed E-state index contributed by atoms with van der Waals surface area (Å²) in [4.78, 5) is 0. The van der Waals surface area contributed by atoms with Crippen LogP contribution in [-0.4, -0.2) is 12.7 Å². The number of epoxide rings is 1. The first-order valence-corrected chi connectivity index (χ1v) is 8.46. The van der Waals surface area contributed by atoms with E-state index < -0.39 is 0 Å². The Balaban J connectivity index is 1.51. The SMILES string of the molecule is CC1CCCCCCC(C2CO2)C2CC2CCC1. The van der Waals surface area contributed by atoms with Gasteiger partial charge in [-0.1, -0.05) is 58.3 Å². The van der Waals surface area contributed by atoms with Gasteiger partial charge in [0.25, 0.3) is 0 Å². The number of fused-ring (bicyclic) bond motifs is 1. The molecule has 0 bridgehead atoms. The molecule has 1 saturated heterocycles. The molecule has 0 aromatic carbocycles. The van der Waals surface area contributed by atoms with Gasteiger partial charge in [0.1, 0.15) is 0 Å². The standard InChI is InChI=1S/C17H30O/c1-13-7-4-2-3-5-10-15(17-12-18-17)16-11-14(16)9-6-8-13/h13-17H,2-12H2,1H3. The van der Waals surface area contributed by atoms with Crippen LogP contribution in [0.5, 0.6) is 0 Å². The largest absolute Gasteiger partial charge is 0.373 e. The van der Waals surface area contributed by atoms with Crippen molar-refractivity contribution in [3.8, 4) is 0 Å². The third-order valence-corrected chi connectivity index (χ3v) is 5.62. The zero-order chi connectivity index (χ0) is 12.4. The lowest BCUT2D eigenvalue weighted by Crippen LogP contribution is -2.12. The van der Waals surface area contributed by atoms with E-state index in [4.69, 9.17) is 4.74 Å². The monoisotopic (exact) mass is 250 g/mol. The molecule has 0 amide bonds. The van der Waals surface area contributed by atoms with Gasteiger partial charge in [-0.25, -0.2) is 0 Å². The van der Waals surface area contributed by atoms with Gasteiger partial charge in [-0.3, -0.25) is 0 Å². The van der Waals surface area contributed by atoms with Crippen LogP contribution < -0.4 is 0 Å². The first kappa shape index (κ1) is 13.0. The quantitative estimate of drug-likeness (QED) is 0.609. The van der Waals surface area contributed by atoms with E-state index in [-0.39, 0.29) is 0 Å². The first-order valence-electron chi connectivity index (χ1n) is 8.46. The van der Waals surface area contributed by atoms with Crippen LogP contribution in [0.2, 0.25) is 0 Å². The molecular formula is C17H30O. The van der Waals surface area contributed by atoms with Crippen molar-refractivity contribution in [2.45, 2.75) is 77.2 Å². The molecule has 1 heterocycles. The van der Waals surface area contributed by atoms with E-state index in [1.165, 1.54) is 64.2 Å². The van der Waals surface area contributed by atoms with Crippen LogP contribution in [0, 0.1) is 23.7 Å². The Hall–Kier alpha value is -0.0400. The van der Waals surface area contributed by atoms with Gasteiger partial charge in [0, 0.05) is 0 Å². The Kier molecular flexibility index (Phi) is 4.28. The third-order valence-electron chi connectivity index (χ3n) is 5.62. The van der Waals surface area contributed by atoms with Crippen molar-refractivity contribution in [2.75, 3.05) is 6.61 Å². The lowest BCUT2D eigenvalue weighted by atomic mass is 9.91. The maximum Gasteiger partial charge on any atom is 0.0840 e. The van der Waals surface area contributed by atoms with Gasteiger partial charge in [-0.2, -0.15) is 0 Å². The highest BCUT2D eigenvalue weighted by Crippen LogP contribution is 2.52. The highest BCUT2D eigenvalue weighted by molar-refractivity contribution is 4.96. The molecule has 3 rings (SSSR count). The van der Waals surface area contributed by atoms with Crippen molar-refractivity contribution in [3.05, 3.63) is 0 Å². The molecule has 5 atom stereocenters. The number of hydrogen-bond acceptors (Lipinski definition) is 1. The summed E-state index contributed by atoms with van der Waals surface area (Å²) in [5, 5.41) is 0. The zero-order valence-corrected chi connectivity index (χ0v) is 12.1. The minimum Gasteiger partial charge on any atom is -0.373 e. The Labute approximate surface area is 113 Å². The fraction of sp³-hybridized carbons (Fsp3) is 1.00. The van der Waals surface area contributed by atoms with E-state index in [2.05, 4.69) is 6.92 Å². The average molecular weight is 250 g/mol. The summed E-state index contributed by atoms with van der Waals surface area (Å²) in [6.07, 6.45) is 15.5. The Morgan fingerprint density at radius 2 is 1.50 bits per heavy atom. The molecule has 18 heavy (non-hydrogen) atoms. The van der Waals surface area contributed by atoms with Crippen LogP contribution in [-0.2, 0) is 4.74 Å². The van der Waals surface area contributed by atoms with Gasteiger partial charge in [0.15, 0.2) is 0 Å². The molecule has 1 aliphatic heterocycles. The fourth-order valence-electron chi connectivity index (χ4n) is 4.20. The predicted octanol–water partition coefficient (Wildman–Crippen LogP) is 4.80.